The van der Waals surface area contributed by atoms with E-state index in [0.717, 1.165) is 34.3 Å². The predicted molar refractivity (Wildman–Crippen MR) is 113 cm³/mol. The third kappa shape index (κ3) is 4.04. The Hall–Kier alpha value is -2.71. The Bertz CT molecular complexity index is 1180. The molecular weight excluding hydrogens is 459 g/mol. The summed E-state index contributed by atoms with van der Waals surface area (Å²) in [6.45, 7) is 0.601. The first kappa shape index (κ1) is 19.6. The van der Waals surface area contributed by atoms with E-state index in [9.17, 15) is 17.6 Å². The smallest absolute Gasteiger partial charge is 0.261 e. The molecule has 0 fully saturated rings. The van der Waals surface area contributed by atoms with E-state index in [0.29, 0.717) is 17.8 Å². The van der Waals surface area contributed by atoms with Gasteiger partial charge in [0.05, 0.1) is 4.90 Å². The number of hydrogen-bond acceptors (Lipinski definition) is 3. The molecule has 1 heterocycles. The van der Waals surface area contributed by atoms with E-state index < -0.39 is 15.8 Å². The van der Waals surface area contributed by atoms with Crippen LogP contribution in [0.15, 0.2) is 76.1 Å². The first-order chi connectivity index (χ1) is 13.8. The molecule has 0 atom stereocenters. The quantitative estimate of drug-likeness (QED) is 0.601. The number of nitrogens with zero attached hydrogens (tertiary/aromatic N) is 1. The number of halogens is 2. The maximum absolute atomic E-state index is 13.0. The molecule has 1 N–H and O–H groups in total. The van der Waals surface area contributed by atoms with Gasteiger partial charge in [0.25, 0.3) is 15.9 Å². The SMILES string of the molecule is O=C(c1ccc(NS(=O)(=O)c2ccc(F)cc2)cc1)N1CCc2cc(Br)ccc21. The summed E-state index contributed by atoms with van der Waals surface area (Å²) in [6.07, 6.45) is 0.788. The lowest BCUT2D eigenvalue weighted by atomic mass is 10.1. The molecule has 4 rings (SSSR count). The van der Waals surface area contributed by atoms with Crippen LogP contribution in [0.1, 0.15) is 15.9 Å². The standard InChI is InChI=1S/C21H16BrFN2O3S/c22-16-3-10-20-15(13-16)11-12-25(20)21(26)14-1-6-18(7-2-14)24-29(27,28)19-8-4-17(23)5-9-19/h1-10,13,24H,11-12H2. The molecule has 148 valence electrons. The monoisotopic (exact) mass is 474 g/mol. The van der Waals surface area contributed by atoms with Crippen LogP contribution < -0.4 is 9.62 Å². The second kappa shape index (κ2) is 7.61. The fourth-order valence-electron chi connectivity index (χ4n) is 3.25. The van der Waals surface area contributed by atoms with Crippen molar-refractivity contribution in [3.63, 3.8) is 0 Å². The zero-order valence-electron chi connectivity index (χ0n) is 15.1. The number of hydrogen-bond donors (Lipinski definition) is 1. The zero-order valence-corrected chi connectivity index (χ0v) is 17.5. The summed E-state index contributed by atoms with van der Waals surface area (Å²) < 4.78 is 41.2. The van der Waals surface area contributed by atoms with Crippen molar-refractivity contribution in [3.8, 4) is 0 Å². The Morgan fingerprint density at radius 3 is 2.38 bits per heavy atom. The average molecular weight is 475 g/mol. The minimum atomic E-state index is -3.84. The van der Waals surface area contributed by atoms with E-state index >= 15 is 0 Å². The summed E-state index contributed by atoms with van der Waals surface area (Å²) >= 11 is 3.44. The van der Waals surface area contributed by atoms with Gasteiger partial charge in [0, 0.05) is 28.0 Å². The molecule has 0 saturated heterocycles. The van der Waals surface area contributed by atoms with E-state index in [-0.39, 0.29) is 10.8 Å². The molecule has 0 unspecified atom stereocenters. The molecule has 0 radical (unpaired) electrons. The normalized spacial score (nSPS) is 13.2. The number of sulfonamides is 1. The Morgan fingerprint density at radius 1 is 1.00 bits per heavy atom. The highest BCUT2D eigenvalue weighted by molar-refractivity contribution is 9.10. The first-order valence-corrected chi connectivity index (χ1v) is 11.1. The number of fused-ring (bicyclic) bond motifs is 1. The second-order valence-electron chi connectivity index (χ2n) is 6.62. The fourth-order valence-corrected chi connectivity index (χ4v) is 4.71. The molecular formula is C21H16BrFN2O3S. The number of nitrogens with one attached hydrogen (secondary N) is 1. The minimum Gasteiger partial charge on any atom is -0.308 e. The topological polar surface area (TPSA) is 66.5 Å². The van der Waals surface area contributed by atoms with Crippen molar-refractivity contribution < 1.29 is 17.6 Å². The lowest BCUT2D eigenvalue weighted by molar-refractivity contribution is 0.0989. The highest BCUT2D eigenvalue weighted by atomic mass is 79.9. The highest BCUT2D eigenvalue weighted by Crippen LogP contribution is 2.31. The van der Waals surface area contributed by atoms with Crippen molar-refractivity contribution in [2.75, 3.05) is 16.2 Å². The summed E-state index contributed by atoms with van der Waals surface area (Å²) in [5.74, 6) is -0.651. The van der Waals surface area contributed by atoms with E-state index in [1.807, 2.05) is 18.2 Å². The molecule has 5 nitrogen and oxygen atoms in total. The van der Waals surface area contributed by atoms with Crippen molar-refractivity contribution >= 4 is 43.2 Å². The molecule has 1 aliphatic rings. The summed E-state index contributed by atoms with van der Waals surface area (Å²) in [7, 11) is -3.84. The van der Waals surface area contributed by atoms with Gasteiger partial charge in [0.2, 0.25) is 0 Å². The number of carbonyl (C=O) groups excluding carboxylic acids is 1. The number of benzene rings is 3. The van der Waals surface area contributed by atoms with Gasteiger partial charge in [-0.1, -0.05) is 15.9 Å². The van der Waals surface area contributed by atoms with Crippen molar-refractivity contribution in [2.45, 2.75) is 11.3 Å². The number of rotatable bonds is 4. The fraction of sp³-hybridized carbons (Fsp3) is 0.0952. The van der Waals surface area contributed by atoms with Crippen molar-refractivity contribution in [1.82, 2.24) is 0 Å². The van der Waals surface area contributed by atoms with E-state index in [1.165, 1.54) is 24.3 Å². The maximum Gasteiger partial charge on any atom is 0.261 e. The van der Waals surface area contributed by atoms with Gasteiger partial charge in [-0.05, 0) is 78.7 Å². The third-order valence-electron chi connectivity index (χ3n) is 4.69. The number of carbonyl (C=O) groups is 1. The molecule has 1 aliphatic heterocycles. The number of anilines is 2. The van der Waals surface area contributed by atoms with Crippen molar-refractivity contribution in [1.29, 1.82) is 0 Å². The molecule has 29 heavy (non-hydrogen) atoms. The summed E-state index contributed by atoms with van der Waals surface area (Å²) in [5, 5.41) is 0. The molecule has 0 bridgehead atoms. The van der Waals surface area contributed by atoms with Gasteiger partial charge < -0.3 is 4.90 Å². The van der Waals surface area contributed by atoms with Gasteiger partial charge in [-0.15, -0.1) is 0 Å². The van der Waals surface area contributed by atoms with Crippen LogP contribution in [0.2, 0.25) is 0 Å². The molecule has 1 amide bonds. The van der Waals surface area contributed by atoms with Crippen LogP contribution in [0, 0.1) is 5.82 Å². The van der Waals surface area contributed by atoms with Gasteiger partial charge >= 0.3 is 0 Å². The van der Waals surface area contributed by atoms with Gasteiger partial charge in [-0.3, -0.25) is 9.52 Å². The molecule has 3 aromatic rings. The second-order valence-corrected chi connectivity index (χ2v) is 9.21. The molecule has 0 saturated carbocycles. The molecule has 0 aliphatic carbocycles. The summed E-state index contributed by atoms with van der Waals surface area (Å²) in [4.78, 5) is 14.6. The van der Waals surface area contributed by atoms with Crippen molar-refractivity contribution in [2.24, 2.45) is 0 Å². The third-order valence-corrected chi connectivity index (χ3v) is 6.58. The van der Waals surface area contributed by atoms with Gasteiger partial charge in [0.15, 0.2) is 0 Å². The summed E-state index contributed by atoms with van der Waals surface area (Å²) in [5.41, 5.74) is 2.78. The Balaban J connectivity index is 1.51. The van der Waals surface area contributed by atoms with Crippen LogP contribution in [0.4, 0.5) is 15.8 Å². The summed E-state index contributed by atoms with van der Waals surface area (Å²) in [6, 6.07) is 16.6. The number of amides is 1. The Labute approximate surface area is 176 Å². The lowest BCUT2D eigenvalue weighted by Crippen LogP contribution is -2.28. The molecule has 3 aromatic carbocycles. The van der Waals surface area contributed by atoms with E-state index in [1.54, 1.807) is 17.0 Å². The van der Waals surface area contributed by atoms with Crippen LogP contribution in [0.25, 0.3) is 0 Å². The highest BCUT2D eigenvalue weighted by Gasteiger charge is 2.25. The largest absolute Gasteiger partial charge is 0.308 e. The van der Waals surface area contributed by atoms with Gasteiger partial charge in [-0.2, -0.15) is 0 Å². The Morgan fingerprint density at radius 2 is 1.69 bits per heavy atom. The molecule has 0 aromatic heterocycles. The first-order valence-electron chi connectivity index (χ1n) is 8.82. The molecule has 0 spiro atoms. The average Bonchev–Trinajstić information content (AvgIpc) is 3.11. The van der Waals surface area contributed by atoms with E-state index in [2.05, 4.69) is 20.7 Å². The van der Waals surface area contributed by atoms with Crippen LogP contribution in [-0.4, -0.2) is 20.9 Å². The van der Waals surface area contributed by atoms with E-state index in [4.69, 9.17) is 0 Å². The predicted octanol–water partition coefficient (Wildman–Crippen LogP) is 4.59. The van der Waals surface area contributed by atoms with Gasteiger partial charge in [-0.25, -0.2) is 12.8 Å². The lowest BCUT2D eigenvalue weighted by Gasteiger charge is -2.18. The zero-order chi connectivity index (χ0) is 20.6. The molecule has 8 heteroatoms. The maximum atomic E-state index is 13.0. The van der Waals surface area contributed by atoms with Crippen LogP contribution in [-0.2, 0) is 16.4 Å². The van der Waals surface area contributed by atoms with Crippen molar-refractivity contribution in [3.05, 3.63) is 88.1 Å². The minimum absolute atomic E-state index is 0.0427. The van der Waals surface area contributed by atoms with Gasteiger partial charge in [0.1, 0.15) is 5.82 Å². The van der Waals surface area contributed by atoms with Crippen LogP contribution in [0.5, 0.6) is 0 Å². The van der Waals surface area contributed by atoms with Crippen LogP contribution >= 0.6 is 15.9 Å². The Kier molecular flexibility index (Phi) is 5.14. The van der Waals surface area contributed by atoms with Crippen LogP contribution in [0.3, 0.4) is 0 Å².